The minimum atomic E-state index is -0.724. The summed E-state index contributed by atoms with van der Waals surface area (Å²) in [6.45, 7) is 1.92. The molecule has 1 amide bonds. The van der Waals surface area contributed by atoms with Crippen molar-refractivity contribution in [3.63, 3.8) is 0 Å². The van der Waals surface area contributed by atoms with Gasteiger partial charge in [-0.05, 0) is 30.7 Å². The number of nitrogens with one attached hydrogen (secondary N) is 1. The van der Waals surface area contributed by atoms with Gasteiger partial charge in [-0.1, -0.05) is 30.3 Å². The number of carbonyl (C=O) groups excluding carboxylic acids is 1. The minimum absolute atomic E-state index is 0.0860. The van der Waals surface area contributed by atoms with Crippen molar-refractivity contribution in [1.82, 2.24) is 14.8 Å². The lowest BCUT2D eigenvalue weighted by molar-refractivity contribution is -0.385. The van der Waals surface area contributed by atoms with Crippen molar-refractivity contribution in [1.29, 1.82) is 5.26 Å². The fraction of sp³-hybridized carbons (Fsp3) is 0.0476. The Morgan fingerprint density at radius 2 is 1.93 bits per heavy atom. The fourth-order valence-electron chi connectivity index (χ4n) is 3.16. The molecule has 0 aliphatic heterocycles. The SMILES string of the molecule is Cc1cc(-n2ncc(C#N)c2NC(=O)c2ccccc2[N+](=O)[O-])nc2ccccc12. The van der Waals surface area contributed by atoms with Crippen LogP contribution in [0.1, 0.15) is 21.5 Å². The fourth-order valence-corrected chi connectivity index (χ4v) is 3.16. The number of aryl methyl sites for hydroxylation is 1. The van der Waals surface area contributed by atoms with E-state index in [1.807, 2.05) is 37.3 Å². The lowest BCUT2D eigenvalue weighted by Crippen LogP contribution is -2.17. The van der Waals surface area contributed by atoms with E-state index in [4.69, 9.17) is 0 Å². The summed E-state index contributed by atoms with van der Waals surface area (Å²) >= 11 is 0. The zero-order valence-corrected chi connectivity index (χ0v) is 15.7. The predicted molar refractivity (Wildman–Crippen MR) is 109 cm³/mol. The second kappa shape index (κ2) is 7.44. The van der Waals surface area contributed by atoms with Crippen LogP contribution in [0.5, 0.6) is 0 Å². The van der Waals surface area contributed by atoms with Crippen molar-refractivity contribution < 1.29 is 9.72 Å². The molecule has 0 radical (unpaired) electrons. The van der Waals surface area contributed by atoms with Gasteiger partial charge in [-0.3, -0.25) is 14.9 Å². The van der Waals surface area contributed by atoms with Crippen LogP contribution in [-0.4, -0.2) is 25.6 Å². The van der Waals surface area contributed by atoms with Crippen LogP contribution in [-0.2, 0) is 0 Å². The number of fused-ring (bicyclic) bond motifs is 1. The van der Waals surface area contributed by atoms with Gasteiger partial charge in [0.25, 0.3) is 11.6 Å². The molecule has 4 rings (SSSR count). The molecular weight excluding hydrogens is 384 g/mol. The number of nitro benzene ring substituents is 1. The highest BCUT2D eigenvalue weighted by molar-refractivity contribution is 6.07. The molecule has 1 N–H and O–H groups in total. The molecule has 2 heterocycles. The van der Waals surface area contributed by atoms with Crippen molar-refractivity contribution in [2.24, 2.45) is 0 Å². The quantitative estimate of drug-likeness (QED) is 0.412. The van der Waals surface area contributed by atoms with E-state index in [2.05, 4.69) is 15.4 Å². The second-order valence-electron chi connectivity index (χ2n) is 6.47. The Kier molecular flexibility index (Phi) is 4.66. The zero-order valence-electron chi connectivity index (χ0n) is 15.7. The maximum atomic E-state index is 12.8. The molecular formula is C21H14N6O3. The Hall–Kier alpha value is -4.58. The lowest BCUT2D eigenvalue weighted by atomic mass is 10.1. The molecule has 0 spiro atoms. The Bertz CT molecular complexity index is 1350. The molecule has 0 atom stereocenters. The summed E-state index contributed by atoms with van der Waals surface area (Å²) in [4.78, 5) is 28.0. The van der Waals surface area contributed by atoms with Crippen LogP contribution >= 0.6 is 0 Å². The standard InChI is InChI=1S/C21H14N6O3/c1-13-10-19(24-17-8-4-2-6-15(13)17)26-20(14(11-22)12-23-26)25-21(28)16-7-3-5-9-18(16)27(29)30/h2-10,12H,1H3,(H,25,28). The van der Waals surface area contributed by atoms with Crippen LogP contribution in [0.15, 0.2) is 60.8 Å². The van der Waals surface area contributed by atoms with E-state index in [9.17, 15) is 20.2 Å². The lowest BCUT2D eigenvalue weighted by Gasteiger charge is -2.11. The Morgan fingerprint density at radius 1 is 1.20 bits per heavy atom. The van der Waals surface area contributed by atoms with E-state index in [1.165, 1.54) is 35.1 Å². The zero-order chi connectivity index (χ0) is 21.3. The van der Waals surface area contributed by atoms with Gasteiger partial charge in [0, 0.05) is 11.5 Å². The number of carbonyl (C=O) groups is 1. The van der Waals surface area contributed by atoms with Crippen LogP contribution in [0.4, 0.5) is 11.5 Å². The van der Waals surface area contributed by atoms with Crippen molar-refractivity contribution in [2.75, 3.05) is 5.32 Å². The first kappa shape index (κ1) is 18.8. The van der Waals surface area contributed by atoms with Crippen LogP contribution < -0.4 is 5.32 Å². The molecule has 4 aromatic rings. The van der Waals surface area contributed by atoms with Crippen molar-refractivity contribution in [3.05, 3.63) is 87.6 Å². The summed E-state index contributed by atoms with van der Waals surface area (Å²) in [5.74, 6) is -0.230. The molecule has 0 bridgehead atoms. The highest BCUT2D eigenvalue weighted by Crippen LogP contribution is 2.25. The normalized spacial score (nSPS) is 10.5. The highest BCUT2D eigenvalue weighted by Gasteiger charge is 2.23. The summed E-state index contributed by atoms with van der Waals surface area (Å²) in [6.07, 6.45) is 1.31. The Morgan fingerprint density at radius 3 is 2.70 bits per heavy atom. The number of amides is 1. The molecule has 0 aliphatic carbocycles. The number of para-hydroxylation sites is 2. The largest absolute Gasteiger partial charge is 0.305 e. The third-order valence-electron chi connectivity index (χ3n) is 4.59. The van der Waals surface area contributed by atoms with E-state index in [-0.39, 0.29) is 22.6 Å². The summed E-state index contributed by atoms with van der Waals surface area (Å²) in [7, 11) is 0. The van der Waals surface area contributed by atoms with Gasteiger partial charge in [0.05, 0.1) is 16.6 Å². The molecule has 146 valence electrons. The van der Waals surface area contributed by atoms with Gasteiger partial charge < -0.3 is 5.32 Å². The smallest absolute Gasteiger partial charge is 0.282 e. The van der Waals surface area contributed by atoms with Crippen molar-refractivity contribution >= 4 is 28.3 Å². The first-order valence-electron chi connectivity index (χ1n) is 8.89. The first-order chi connectivity index (χ1) is 14.5. The van der Waals surface area contributed by atoms with Gasteiger partial charge in [0.1, 0.15) is 17.2 Å². The van der Waals surface area contributed by atoms with E-state index >= 15 is 0 Å². The molecule has 2 aromatic heterocycles. The van der Waals surface area contributed by atoms with E-state index < -0.39 is 10.8 Å². The Labute approximate surface area is 170 Å². The van der Waals surface area contributed by atoms with Crippen LogP contribution in [0.25, 0.3) is 16.7 Å². The number of benzene rings is 2. The van der Waals surface area contributed by atoms with E-state index in [0.717, 1.165) is 16.5 Å². The number of nitro groups is 1. The molecule has 0 fully saturated rings. The summed E-state index contributed by atoms with van der Waals surface area (Å²) < 4.78 is 1.34. The molecule has 0 aliphatic rings. The van der Waals surface area contributed by atoms with Gasteiger partial charge in [-0.2, -0.15) is 15.0 Å². The molecule has 30 heavy (non-hydrogen) atoms. The van der Waals surface area contributed by atoms with Gasteiger partial charge >= 0.3 is 0 Å². The third kappa shape index (κ3) is 3.22. The highest BCUT2D eigenvalue weighted by atomic mass is 16.6. The monoisotopic (exact) mass is 398 g/mol. The average Bonchev–Trinajstić information content (AvgIpc) is 3.16. The number of hydrogen-bond acceptors (Lipinski definition) is 6. The minimum Gasteiger partial charge on any atom is -0.305 e. The van der Waals surface area contributed by atoms with Crippen molar-refractivity contribution in [2.45, 2.75) is 6.92 Å². The van der Waals surface area contributed by atoms with Gasteiger partial charge in [0.15, 0.2) is 11.6 Å². The number of rotatable bonds is 4. The maximum Gasteiger partial charge on any atom is 0.282 e. The molecule has 0 saturated carbocycles. The predicted octanol–water partition coefficient (Wildman–Crippen LogP) is 3.76. The number of nitriles is 1. The van der Waals surface area contributed by atoms with Gasteiger partial charge in [-0.15, -0.1) is 0 Å². The molecule has 0 unspecified atom stereocenters. The average molecular weight is 398 g/mol. The third-order valence-corrected chi connectivity index (χ3v) is 4.59. The van der Waals surface area contributed by atoms with Gasteiger partial charge in [-0.25, -0.2) is 4.98 Å². The van der Waals surface area contributed by atoms with E-state index in [1.54, 1.807) is 6.07 Å². The molecule has 9 heteroatoms. The van der Waals surface area contributed by atoms with Crippen LogP contribution in [0.2, 0.25) is 0 Å². The number of pyridine rings is 1. The van der Waals surface area contributed by atoms with E-state index in [0.29, 0.717) is 5.82 Å². The summed E-state index contributed by atoms with van der Waals surface area (Å²) in [5, 5.41) is 28.4. The Balaban J connectivity index is 1.80. The molecule has 2 aromatic carbocycles. The number of hydrogen-bond donors (Lipinski definition) is 1. The summed E-state index contributed by atoms with van der Waals surface area (Å²) in [6, 6.07) is 16.9. The maximum absolute atomic E-state index is 12.8. The first-order valence-corrected chi connectivity index (χ1v) is 8.89. The van der Waals surface area contributed by atoms with Crippen molar-refractivity contribution in [3.8, 4) is 11.9 Å². The molecule has 9 nitrogen and oxygen atoms in total. The van der Waals surface area contributed by atoms with Crippen LogP contribution in [0.3, 0.4) is 0 Å². The summed E-state index contributed by atoms with van der Waals surface area (Å²) in [5.41, 5.74) is 1.33. The molecule has 0 saturated heterocycles. The second-order valence-corrected chi connectivity index (χ2v) is 6.47. The van der Waals surface area contributed by atoms with Crippen LogP contribution in [0, 0.1) is 28.4 Å². The number of aromatic nitrogens is 3. The number of anilines is 1. The van der Waals surface area contributed by atoms with Gasteiger partial charge in [0.2, 0.25) is 0 Å². The topological polar surface area (TPSA) is 127 Å². The number of nitrogens with zero attached hydrogens (tertiary/aromatic N) is 5.